The van der Waals surface area contributed by atoms with E-state index in [1.807, 2.05) is 49.4 Å². The van der Waals surface area contributed by atoms with Gasteiger partial charge in [0.25, 0.3) is 0 Å². The highest BCUT2D eigenvalue weighted by Crippen LogP contribution is 2.23. The van der Waals surface area contributed by atoms with Crippen LogP contribution in [0.4, 0.5) is 10.5 Å². The Hall–Kier alpha value is -3.02. The van der Waals surface area contributed by atoms with Crippen LogP contribution in [0.3, 0.4) is 0 Å². The molecule has 3 amide bonds. The van der Waals surface area contributed by atoms with Gasteiger partial charge in [0.15, 0.2) is 0 Å². The second-order valence-corrected chi connectivity index (χ2v) is 7.48. The van der Waals surface area contributed by atoms with Crippen molar-refractivity contribution in [2.75, 3.05) is 11.9 Å². The molecule has 0 atom stereocenters. The number of hydrogen-bond donors (Lipinski definition) is 3. The van der Waals surface area contributed by atoms with Gasteiger partial charge in [-0.15, -0.1) is 0 Å². The predicted octanol–water partition coefficient (Wildman–Crippen LogP) is 4.14. The first-order valence-electron chi connectivity index (χ1n) is 10.2. The summed E-state index contributed by atoms with van der Waals surface area (Å²) in [6, 6.07) is 14.9. The van der Waals surface area contributed by atoms with Gasteiger partial charge in [0.05, 0.1) is 12.6 Å². The molecule has 0 aliphatic heterocycles. The molecule has 0 unspecified atom stereocenters. The fourth-order valence-electron chi connectivity index (χ4n) is 3.43. The molecule has 3 N–H and O–H groups in total. The van der Waals surface area contributed by atoms with Crippen LogP contribution in [0.25, 0.3) is 0 Å². The van der Waals surface area contributed by atoms with E-state index in [1.54, 1.807) is 6.07 Å². The topological polar surface area (TPSA) is 79.5 Å². The fourth-order valence-corrected chi connectivity index (χ4v) is 3.43. The van der Waals surface area contributed by atoms with Crippen molar-refractivity contribution >= 4 is 17.6 Å². The van der Waals surface area contributed by atoms with Crippen LogP contribution >= 0.6 is 0 Å². The molecule has 29 heavy (non-hydrogen) atoms. The van der Waals surface area contributed by atoms with Crippen LogP contribution in [0.5, 0.6) is 5.75 Å². The smallest absolute Gasteiger partial charge is 0.319 e. The van der Waals surface area contributed by atoms with Crippen molar-refractivity contribution in [3.8, 4) is 5.75 Å². The van der Waals surface area contributed by atoms with Gasteiger partial charge in [0, 0.05) is 12.2 Å². The standard InChI is InChI=1S/C23H29N3O3/c1-17-7-5-9-19(13-17)26-23(28)25-16-22(27)24-15-18-8-6-12-21(14-18)29-20-10-3-2-4-11-20/h5-9,12-14,20H,2-4,10-11,15-16H2,1H3,(H,24,27)(H2,25,26,28). The third-order valence-electron chi connectivity index (χ3n) is 4.93. The summed E-state index contributed by atoms with van der Waals surface area (Å²) in [7, 11) is 0. The number of rotatable bonds is 7. The molecule has 6 heteroatoms. The average Bonchev–Trinajstić information content (AvgIpc) is 2.72. The van der Waals surface area contributed by atoms with Gasteiger partial charge in [-0.05, 0) is 68.0 Å². The first-order chi connectivity index (χ1) is 14.1. The Bertz CT molecular complexity index is 832. The maximum absolute atomic E-state index is 12.0. The number of carbonyl (C=O) groups excluding carboxylic acids is 2. The van der Waals surface area contributed by atoms with Gasteiger partial charge in [0.2, 0.25) is 5.91 Å². The number of urea groups is 1. The highest BCUT2D eigenvalue weighted by atomic mass is 16.5. The van der Waals surface area contributed by atoms with Crippen molar-refractivity contribution in [1.29, 1.82) is 0 Å². The molecule has 0 spiro atoms. The molecule has 3 rings (SSSR count). The van der Waals surface area contributed by atoms with E-state index < -0.39 is 6.03 Å². The van der Waals surface area contributed by atoms with E-state index in [1.165, 1.54) is 19.3 Å². The van der Waals surface area contributed by atoms with E-state index in [0.29, 0.717) is 18.3 Å². The molecule has 6 nitrogen and oxygen atoms in total. The molecule has 1 aliphatic carbocycles. The molecular formula is C23H29N3O3. The molecule has 0 bridgehead atoms. The Morgan fingerprint density at radius 2 is 1.79 bits per heavy atom. The van der Waals surface area contributed by atoms with E-state index in [2.05, 4.69) is 16.0 Å². The van der Waals surface area contributed by atoms with Crippen molar-refractivity contribution in [2.24, 2.45) is 0 Å². The Morgan fingerprint density at radius 3 is 2.59 bits per heavy atom. The summed E-state index contributed by atoms with van der Waals surface area (Å²) in [5, 5.41) is 8.10. The summed E-state index contributed by atoms with van der Waals surface area (Å²) < 4.78 is 6.07. The fraction of sp³-hybridized carbons (Fsp3) is 0.391. The number of anilines is 1. The average molecular weight is 396 g/mol. The minimum absolute atomic E-state index is 0.0874. The van der Waals surface area contributed by atoms with Crippen LogP contribution < -0.4 is 20.7 Å². The molecule has 2 aromatic carbocycles. The Kier molecular flexibility index (Phi) is 7.50. The predicted molar refractivity (Wildman–Crippen MR) is 114 cm³/mol. The molecule has 1 saturated carbocycles. The van der Waals surface area contributed by atoms with Crippen LogP contribution in [0.1, 0.15) is 43.2 Å². The number of amides is 3. The number of benzene rings is 2. The highest BCUT2D eigenvalue weighted by Gasteiger charge is 2.15. The number of hydrogen-bond acceptors (Lipinski definition) is 3. The second kappa shape index (κ2) is 10.5. The van der Waals surface area contributed by atoms with Crippen LogP contribution in [0.15, 0.2) is 48.5 Å². The lowest BCUT2D eigenvalue weighted by Crippen LogP contribution is -2.38. The zero-order valence-corrected chi connectivity index (χ0v) is 16.9. The van der Waals surface area contributed by atoms with E-state index in [4.69, 9.17) is 4.74 Å². The summed E-state index contributed by atoms with van der Waals surface area (Å²) in [5.74, 6) is 0.599. The largest absolute Gasteiger partial charge is 0.490 e. The zero-order valence-electron chi connectivity index (χ0n) is 16.9. The normalized spacial score (nSPS) is 14.1. The molecule has 1 fully saturated rings. The Balaban J connectivity index is 1.39. The van der Waals surface area contributed by atoms with Crippen LogP contribution in [-0.4, -0.2) is 24.6 Å². The number of nitrogens with one attached hydrogen (secondary N) is 3. The van der Waals surface area contributed by atoms with Crippen molar-refractivity contribution in [3.63, 3.8) is 0 Å². The number of aryl methyl sites for hydroxylation is 1. The van der Waals surface area contributed by atoms with Gasteiger partial charge in [-0.3, -0.25) is 4.79 Å². The van der Waals surface area contributed by atoms with E-state index >= 15 is 0 Å². The van der Waals surface area contributed by atoms with Crippen LogP contribution in [-0.2, 0) is 11.3 Å². The van der Waals surface area contributed by atoms with Gasteiger partial charge < -0.3 is 20.7 Å². The van der Waals surface area contributed by atoms with Gasteiger partial charge in [-0.25, -0.2) is 4.79 Å². The van der Waals surface area contributed by atoms with E-state index in [9.17, 15) is 9.59 Å². The number of ether oxygens (including phenoxy) is 1. The van der Waals surface area contributed by atoms with Crippen LogP contribution in [0, 0.1) is 6.92 Å². The monoisotopic (exact) mass is 395 g/mol. The molecule has 0 aromatic heterocycles. The van der Waals surface area contributed by atoms with E-state index in [0.717, 1.165) is 29.7 Å². The summed E-state index contributed by atoms with van der Waals surface area (Å²) in [4.78, 5) is 24.0. The molecule has 2 aromatic rings. The number of carbonyl (C=O) groups is 2. The third-order valence-corrected chi connectivity index (χ3v) is 4.93. The summed E-state index contributed by atoms with van der Waals surface area (Å²) >= 11 is 0. The maximum atomic E-state index is 12.0. The zero-order chi connectivity index (χ0) is 20.5. The van der Waals surface area contributed by atoms with Crippen molar-refractivity contribution in [2.45, 2.75) is 51.7 Å². The second-order valence-electron chi connectivity index (χ2n) is 7.48. The molecule has 0 radical (unpaired) electrons. The van der Waals surface area contributed by atoms with Gasteiger partial charge >= 0.3 is 6.03 Å². The van der Waals surface area contributed by atoms with E-state index in [-0.39, 0.29) is 12.5 Å². The lowest BCUT2D eigenvalue weighted by Gasteiger charge is -2.23. The van der Waals surface area contributed by atoms with Gasteiger partial charge in [-0.1, -0.05) is 30.7 Å². The highest BCUT2D eigenvalue weighted by molar-refractivity contribution is 5.92. The summed E-state index contributed by atoms with van der Waals surface area (Å²) in [6.07, 6.45) is 6.26. The minimum atomic E-state index is -0.409. The first kappa shape index (κ1) is 20.7. The lowest BCUT2D eigenvalue weighted by atomic mass is 9.98. The molecule has 0 heterocycles. The molecule has 154 valence electrons. The molecule has 0 saturated heterocycles. The molecular weight excluding hydrogens is 366 g/mol. The van der Waals surface area contributed by atoms with Gasteiger partial charge in [-0.2, -0.15) is 0 Å². The van der Waals surface area contributed by atoms with Crippen molar-refractivity contribution in [3.05, 3.63) is 59.7 Å². The van der Waals surface area contributed by atoms with Crippen LogP contribution in [0.2, 0.25) is 0 Å². The van der Waals surface area contributed by atoms with Crippen molar-refractivity contribution < 1.29 is 14.3 Å². The Labute approximate surface area is 172 Å². The Morgan fingerprint density at radius 1 is 1.00 bits per heavy atom. The minimum Gasteiger partial charge on any atom is -0.490 e. The maximum Gasteiger partial charge on any atom is 0.319 e. The quantitative estimate of drug-likeness (QED) is 0.659. The summed E-state index contributed by atoms with van der Waals surface area (Å²) in [5.41, 5.74) is 2.71. The molecule has 1 aliphatic rings. The summed E-state index contributed by atoms with van der Waals surface area (Å²) in [6.45, 7) is 2.25. The SMILES string of the molecule is Cc1cccc(NC(=O)NCC(=O)NCc2cccc(OC3CCCCC3)c2)c1. The third kappa shape index (κ3) is 7.14. The first-order valence-corrected chi connectivity index (χ1v) is 10.2. The lowest BCUT2D eigenvalue weighted by molar-refractivity contribution is -0.120. The van der Waals surface area contributed by atoms with Gasteiger partial charge in [0.1, 0.15) is 5.75 Å². The van der Waals surface area contributed by atoms with Crippen molar-refractivity contribution in [1.82, 2.24) is 10.6 Å².